The zero-order valence-corrected chi connectivity index (χ0v) is 15.6. The number of aryl methyl sites for hydroxylation is 1. The molecule has 0 saturated heterocycles. The molecule has 1 aliphatic rings. The van der Waals surface area contributed by atoms with Gasteiger partial charge in [0.15, 0.2) is 0 Å². The standard InChI is InChI=1S/C20H23N3O2S/c1-14-7-10-17(11-8-14)26(24,25)23-16-9-12-18-19(13-16)22-20(21-18)15-5-3-2-4-6-15/h7-13,15,23H,2-6H2,1H3,(H,21,22). The van der Waals surface area contributed by atoms with E-state index in [-0.39, 0.29) is 4.90 Å². The van der Waals surface area contributed by atoms with Crippen molar-refractivity contribution in [2.24, 2.45) is 0 Å². The Morgan fingerprint density at radius 3 is 2.50 bits per heavy atom. The van der Waals surface area contributed by atoms with Crippen LogP contribution in [0.15, 0.2) is 47.4 Å². The van der Waals surface area contributed by atoms with Crippen molar-refractivity contribution < 1.29 is 8.42 Å². The number of aromatic amines is 1. The summed E-state index contributed by atoms with van der Waals surface area (Å²) in [6.45, 7) is 1.93. The van der Waals surface area contributed by atoms with Crippen LogP contribution in [0.3, 0.4) is 0 Å². The van der Waals surface area contributed by atoms with E-state index in [0.717, 1.165) is 22.4 Å². The largest absolute Gasteiger partial charge is 0.342 e. The molecule has 1 heterocycles. The Hall–Kier alpha value is -2.34. The molecule has 6 heteroatoms. The Labute approximate surface area is 153 Å². The molecule has 1 aliphatic carbocycles. The first-order chi connectivity index (χ1) is 12.5. The molecule has 2 N–H and O–H groups in total. The minimum Gasteiger partial charge on any atom is -0.342 e. The monoisotopic (exact) mass is 369 g/mol. The molecule has 1 saturated carbocycles. The highest BCUT2D eigenvalue weighted by Gasteiger charge is 2.19. The Kier molecular flexibility index (Phi) is 4.44. The van der Waals surface area contributed by atoms with Crippen LogP contribution in [0.25, 0.3) is 11.0 Å². The molecule has 136 valence electrons. The number of rotatable bonds is 4. The van der Waals surface area contributed by atoms with Crippen molar-refractivity contribution >= 4 is 26.7 Å². The van der Waals surface area contributed by atoms with Crippen LogP contribution in [0.5, 0.6) is 0 Å². The van der Waals surface area contributed by atoms with E-state index < -0.39 is 10.0 Å². The summed E-state index contributed by atoms with van der Waals surface area (Å²) in [7, 11) is -3.60. The van der Waals surface area contributed by atoms with E-state index in [1.165, 1.54) is 32.1 Å². The maximum absolute atomic E-state index is 12.6. The molecule has 0 radical (unpaired) electrons. The van der Waals surface area contributed by atoms with Crippen molar-refractivity contribution in [2.75, 3.05) is 4.72 Å². The van der Waals surface area contributed by atoms with E-state index >= 15 is 0 Å². The maximum Gasteiger partial charge on any atom is 0.261 e. The number of sulfonamides is 1. The van der Waals surface area contributed by atoms with E-state index in [0.29, 0.717) is 11.6 Å². The number of imidazole rings is 1. The molecule has 3 aromatic rings. The molecule has 0 spiro atoms. The fourth-order valence-electron chi connectivity index (χ4n) is 3.59. The first kappa shape index (κ1) is 17.1. The minimum atomic E-state index is -3.60. The van der Waals surface area contributed by atoms with E-state index in [1.807, 2.05) is 19.1 Å². The zero-order chi connectivity index (χ0) is 18.1. The molecule has 1 fully saturated rings. The van der Waals surface area contributed by atoms with Crippen LogP contribution in [-0.4, -0.2) is 18.4 Å². The number of hydrogen-bond acceptors (Lipinski definition) is 3. The Morgan fingerprint density at radius 1 is 1.04 bits per heavy atom. The molecule has 0 unspecified atom stereocenters. The van der Waals surface area contributed by atoms with E-state index in [2.05, 4.69) is 9.71 Å². The lowest BCUT2D eigenvalue weighted by Crippen LogP contribution is -2.12. The van der Waals surface area contributed by atoms with Gasteiger partial charge in [0, 0.05) is 5.92 Å². The van der Waals surface area contributed by atoms with Crippen LogP contribution in [0.1, 0.15) is 49.4 Å². The Bertz CT molecular complexity index is 1020. The second-order valence-electron chi connectivity index (χ2n) is 7.11. The molecule has 4 rings (SSSR count). The van der Waals surface area contributed by atoms with Gasteiger partial charge in [0.05, 0.1) is 21.6 Å². The SMILES string of the molecule is Cc1ccc(S(=O)(=O)Nc2ccc3nc(C4CCCCC4)[nH]c3c2)cc1. The van der Waals surface area contributed by atoms with Gasteiger partial charge in [0.2, 0.25) is 0 Å². The highest BCUT2D eigenvalue weighted by molar-refractivity contribution is 7.92. The number of aromatic nitrogens is 2. The first-order valence-corrected chi connectivity index (χ1v) is 10.6. The lowest BCUT2D eigenvalue weighted by atomic mass is 9.89. The van der Waals surface area contributed by atoms with Crippen molar-refractivity contribution in [3.05, 3.63) is 53.9 Å². The molecule has 26 heavy (non-hydrogen) atoms. The van der Waals surface area contributed by atoms with Gasteiger partial charge in [-0.25, -0.2) is 13.4 Å². The third kappa shape index (κ3) is 3.46. The summed E-state index contributed by atoms with van der Waals surface area (Å²) in [6.07, 6.45) is 6.16. The fourth-order valence-corrected chi connectivity index (χ4v) is 4.64. The average Bonchev–Trinajstić information content (AvgIpc) is 3.06. The molecular formula is C20H23N3O2S. The number of nitrogens with zero attached hydrogens (tertiary/aromatic N) is 1. The maximum atomic E-state index is 12.6. The van der Waals surface area contributed by atoms with Crippen molar-refractivity contribution in [3.8, 4) is 0 Å². The van der Waals surface area contributed by atoms with Crippen LogP contribution >= 0.6 is 0 Å². The summed E-state index contributed by atoms with van der Waals surface area (Å²) in [5.74, 6) is 1.52. The molecular weight excluding hydrogens is 346 g/mol. The fraction of sp³-hybridized carbons (Fsp3) is 0.350. The van der Waals surface area contributed by atoms with Gasteiger partial charge in [-0.05, 0) is 50.1 Å². The van der Waals surface area contributed by atoms with Crippen LogP contribution in [0.4, 0.5) is 5.69 Å². The third-order valence-electron chi connectivity index (χ3n) is 5.08. The van der Waals surface area contributed by atoms with Crippen LogP contribution < -0.4 is 4.72 Å². The average molecular weight is 369 g/mol. The smallest absolute Gasteiger partial charge is 0.261 e. The number of fused-ring (bicyclic) bond motifs is 1. The summed E-state index contributed by atoms with van der Waals surface area (Å²) in [6, 6.07) is 12.3. The quantitative estimate of drug-likeness (QED) is 0.699. The van der Waals surface area contributed by atoms with Gasteiger partial charge in [0.1, 0.15) is 5.82 Å². The molecule has 0 amide bonds. The summed E-state index contributed by atoms with van der Waals surface area (Å²) >= 11 is 0. The predicted molar refractivity (Wildman–Crippen MR) is 104 cm³/mol. The second kappa shape index (κ2) is 6.76. The second-order valence-corrected chi connectivity index (χ2v) is 8.79. The van der Waals surface area contributed by atoms with Gasteiger partial charge in [-0.15, -0.1) is 0 Å². The molecule has 1 aromatic heterocycles. The lowest BCUT2D eigenvalue weighted by molar-refractivity contribution is 0.431. The van der Waals surface area contributed by atoms with Crippen molar-refractivity contribution in [2.45, 2.75) is 49.8 Å². The van der Waals surface area contributed by atoms with Crippen molar-refractivity contribution in [3.63, 3.8) is 0 Å². The molecule has 0 atom stereocenters. The first-order valence-electron chi connectivity index (χ1n) is 9.10. The molecule has 2 aromatic carbocycles. The predicted octanol–water partition coefficient (Wildman–Crippen LogP) is 4.72. The molecule has 0 aliphatic heterocycles. The topological polar surface area (TPSA) is 74.8 Å². The van der Waals surface area contributed by atoms with Gasteiger partial charge in [-0.2, -0.15) is 0 Å². The van der Waals surface area contributed by atoms with Crippen LogP contribution in [0, 0.1) is 6.92 Å². The Balaban J connectivity index is 1.59. The third-order valence-corrected chi connectivity index (χ3v) is 6.47. The van der Waals surface area contributed by atoms with Crippen molar-refractivity contribution in [1.29, 1.82) is 0 Å². The van der Waals surface area contributed by atoms with Crippen molar-refractivity contribution in [1.82, 2.24) is 9.97 Å². The summed E-state index contributed by atoms with van der Waals surface area (Å²) < 4.78 is 27.8. The normalized spacial score (nSPS) is 16.0. The summed E-state index contributed by atoms with van der Waals surface area (Å²) in [5.41, 5.74) is 3.31. The highest BCUT2D eigenvalue weighted by Crippen LogP contribution is 2.32. The number of nitrogens with one attached hydrogen (secondary N) is 2. The lowest BCUT2D eigenvalue weighted by Gasteiger charge is -2.18. The van der Waals surface area contributed by atoms with Crippen LogP contribution in [0.2, 0.25) is 0 Å². The highest BCUT2D eigenvalue weighted by atomic mass is 32.2. The Morgan fingerprint density at radius 2 is 1.77 bits per heavy atom. The summed E-state index contributed by atoms with van der Waals surface area (Å²) in [4.78, 5) is 8.36. The van der Waals surface area contributed by atoms with Gasteiger partial charge >= 0.3 is 0 Å². The van der Waals surface area contributed by atoms with Gasteiger partial charge in [-0.1, -0.05) is 37.0 Å². The molecule has 0 bridgehead atoms. The number of hydrogen-bond donors (Lipinski definition) is 2. The van der Waals surface area contributed by atoms with E-state index in [1.54, 1.807) is 30.3 Å². The number of benzene rings is 2. The van der Waals surface area contributed by atoms with Gasteiger partial charge < -0.3 is 4.98 Å². The number of anilines is 1. The summed E-state index contributed by atoms with van der Waals surface area (Å²) in [5, 5.41) is 0. The number of H-pyrrole nitrogens is 1. The zero-order valence-electron chi connectivity index (χ0n) is 14.8. The van der Waals surface area contributed by atoms with E-state index in [9.17, 15) is 8.42 Å². The van der Waals surface area contributed by atoms with Crippen LogP contribution in [-0.2, 0) is 10.0 Å². The van der Waals surface area contributed by atoms with Gasteiger partial charge in [-0.3, -0.25) is 4.72 Å². The van der Waals surface area contributed by atoms with E-state index in [4.69, 9.17) is 4.98 Å². The van der Waals surface area contributed by atoms with Gasteiger partial charge in [0.25, 0.3) is 10.0 Å². The molecule has 5 nitrogen and oxygen atoms in total. The minimum absolute atomic E-state index is 0.260.